The van der Waals surface area contributed by atoms with Crippen LogP contribution in [0.4, 0.5) is 0 Å². The first-order valence-corrected chi connectivity index (χ1v) is 6.46. The van der Waals surface area contributed by atoms with Gasteiger partial charge in [-0.25, -0.2) is 0 Å². The van der Waals surface area contributed by atoms with E-state index < -0.39 is 0 Å². The maximum atomic E-state index is 5.53. The fourth-order valence-corrected chi connectivity index (χ4v) is 1.46. The summed E-state index contributed by atoms with van der Waals surface area (Å²) < 4.78 is 10.8. The second-order valence-electron chi connectivity index (χ2n) is 3.89. The second kappa shape index (κ2) is 9.13. The fraction of sp³-hybridized carbons (Fsp3) is 0.833. The zero-order chi connectivity index (χ0) is 12.3. The Morgan fingerprint density at radius 2 is 1.88 bits per heavy atom. The lowest BCUT2D eigenvalue weighted by molar-refractivity contribution is 0.143. The molecule has 1 rings (SSSR count). The van der Waals surface area contributed by atoms with Gasteiger partial charge in [-0.3, -0.25) is 0 Å². The average molecular weight is 241 g/mol. The minimum atomic E-state index is 0.718. The Hall–Kier alpha value is -0.940. The molecule has 0 bridgehead atoms. The first-order chi connectivity index (χ1) is 8.36. The topological polar surface area (TPSA) is 60.2 Å². The molecule has 1 N–H and O–H groups in total. The van der Waals surface area contributed by atoms with Crippen LogP contribution in [0, 0.1) is 0 Å². The van der Waals surface area contributed by atoms with Crippen LogP contribution in [0.3, 0.4) is 0 Å². The van der Waals surface area contributed by atoms with Gasteiger partial charge in [-0.05, 0) is 26.3 Å². The molecular formula is C12H23N3O2. The number of ether oxygens (including phenoxy) is 1. The average Bonchev–Trinajstić information content (AvgIpc) is 2.78. The van der Waals surface area contributed by atoms with Crippen LogP contribution < -0.4 is 5.32 Å². The van der Waals surface area contributed by atoms with Crippen LogP contribution in [0.25, 0.3) is 0 Å². The van der Waals surface area contributed by atoms with E-state index in [1.807, 2.05) is 6.92 Å². The van der Waals surface area contributed by atoms with Crippen LogP contribution in [-0.4, -0.2) is 36.5 Å². The third-order valence-corrected chi connectivity index (χ3v) is 2.33. The summed E-state index contributed by atoms with van der Waals surface area (Å²) >= 11 is 0. The summed E-state index contributed by atoms with van der Waals surface area (Å²) in [6.45, 7) is 7.60. The van der Waals surface area contributed by atoms with Gasteiger partial charge >= 0.3 is 0 Å². The summed E-state index contributed by atoms with van der Waals surface area (Å²) in [7, 11) is 0. The van der Waals surface area contributed by atoms with Crippen molar-refractivity contribution in [3.63, 3.8) is 0 Å². The summed E-state index contributed by atoms with van der Waals surface area (Å²) in [5.41, 5.74) is 0. The molecule has 0 atom stereocenters. The van der Waals surface area contributed by atoms with Gasteiger partial charge in [0.15, 0.2) is 0 Å². The molecule has 0 fully saturated rings. The molecule has 1 heterocycles. The number of aryl methyl sites for hydroxylation is 1. The van der Waals surface area contributed by atoms with E-state index in [-0.39, 0.29) is 0 Å². The van der Waals surface area contributed by atoms with Gasteiger partial charge in [0.05, 0.1) is 0 Å². The number of nitrogens with zero attached hydrogens (tertiary/aromatic N) is 2. The summed E-state index contributed by atoms with van der Waals surface area (Å²) in [5.74, 6) is 1.44. The maximum absolute atomic E-state index is 5.53. The molecule has 0 aliphatic rings. The summed E-state index contributed by atoms with van der Waals surface area (Å²) in [5, 5.41) is 11.3. The van der Waals surface area contributed by atoms with E-state index in [2.05, 4.69) is 22.4 Å². The Bertz CT molecular complexity index is 263. The monoisotopic (exact) mass is 241 g/mol. The molecule has 0 unspecified atom stereocenters. The van der Waals surface area contributed by atoms with E-state index in [0.29, 0.717) is 0 Å². The minimum absolute atomic E-state index is 0.718. The van der Waals surface area contributed by atoms with Gasteiger partial charge in [0, 0.05) is 32.6 Å². The highest BCUT2D eigenvalue weighted by Crippen LogP contribution is 2.03. The Morgan fingerprint density at radius 3 is 2.59 bits per heavy atom. The van der Waals surface area contributed by atoms with Gasteiger partial charge in [0.25, 0.3) is 0 Å². The van der Waals surface area contributed by atoms with Crippen LogP contribution >= 0.6 is 0 Å². The Morgan fingerprint density at radius 1 is 1.12 bits per heavy atom. The molecule has 0 radical (unpaired) electrons. The largest absolute Gasteiger partial charge is 0.425 e. The molecule has 17 heavy (non-hydrogen) atoms. The van der Waals surface area contributed by atoms with Crippen molar-refractivity contribution >= 4 is 0 Å². The highest BCUT2D eigenvalue weighted by atomic mass is 16.5. The number of nitrogens with one attached hydrogen (secondary N) is 1. The molecule has 5 heteroatoms. The van der Waals surface area contributed by atoms with E-state index >= 15 is 0 Å². The van der Waals surface area contributed by atoms with Gasteiger partial charge in [-0.15, -0.1) is 10.2 Å². The summed E-state index contributed by atoms with van der Waals surface area (Å²) in [4.78, 5) is 0. The molecule has 1 aromatic rings. The lowest BCUT2D eigenvalue weighted by atomic mass is 10.3. The van der Waals surface area contributed by atoms with Crippen molar-refractivity contribution in [3.8, 4) is 0 Å². The first kappa shape index (κ1) is 14.1. The van der Waals surface area contributed by atoms with Crippen molar-refractivity contribution in [1.29, 1.82) is 0 Å². The molecular weight excluding hydrogens is 218 g/mol. The van der Waals surface area contributed by atoms with Crippen molar-refractivity contribution in [2.75, 3.05) is 26.3 Å². The van der Waals surface area contributed by atoms with Crippen LogP contribution in [0.2, 0.25) is 0 Å². The van der Waals surface area contributed by atoms with Gasteiger partial charge in [0.2, 0.25) is 11.8 Å². The van der Waals surface area contributed by atoms with Crippen LogP contribution in [-0.2, 0) is 17.6 Å². The predicted octanol–water partition coefficient (Wildman–Crippen LogP) is 1.58. The molecule has 0 amide bonds. The zero-order valence-corrected chi connectivity index (χ0v) is 10.9. The molecule has 0 aromatic carbocycles. The normalized spacial score (nSPS) is 10.9. The van der Waals surface area contributed by atoms with Crippen LogP contribution in [0.1, 0.15) is 38.5 Å². The van der Waals surface area contributed by atoms with Gasteiger partial charge in [-0.2, -0.15) is 0 Å². The predicted molar refractivity (Wildman–Crippen MR) is 66.0 cm³/mol. The summed E-state index contributed by atoms with van der Waals surface area (Å²) in [6.07, 6.45) is 3.68. The van der Waals surface area contributed by atoms with Crippen LogP contribution in [0.5, 0.6) is 0 Å². The molecule has 0 aliphatic heterocycles. The molecule has 0 saturated heterocycles. The molecule has 0 aliphatic carbocycles. The maximum Gasteiger partial charge on any atom is 0.217 e. The minimum Gasteiger partial charge on any atom is -0.425 e. The van der Waals surface area contributed by atoms with Crippen molar-refractivity contribution in [2.45, 2.75) is 39.5 Å². The van der Waals surface area contributed by atoms with Crippen molar-refractivity contribution in [1.82, 2.24) is 15.5 Å². The number of rotatable bonds is 10. The lowest BCUT2D eigenvalue weighted by Gasteiger charge is -1.99. The quantitative estimate of drug-likeness (QED) is 0.630. The Labute approximate surface area is 103 Å². The highest BCUT2D eigenvalue weighted by molar-refractivity contribution is 4.82. The van der Waals surface area contributed by atoms with E-state index in [9.17, 15) is 0 Å². The highest BCUT2D eigenvalue weighted by Gasteiger charge is 2.05. The molecule has 0 saturated carbocycles. The van der Waals surface area contributed by atoms with E-state index in [0.717, 1.165) is 63.8 Å². The lowest BCUT2D eigenvalue weighted by Crippen LogP contribution is -2.17. The van der Waals surface area contributed by atoms with E-state index in [4.69, 9.17) is 9.15 Å². The van der Waals surface area contributed by atoms with E-state index in [1.54, 1.807) is 0 Å². The first-order valence-electron chi connectivity index (χ1n) is 6.46. The fourth-order valence-electron chi connectivity index (χ4n) is 1.46. The smallest absolute Gasteiger partial charge is 0.217 e. The SMILES string of the molecule is CCCNCCc1nnc(CCCOCC)o1. The Balaban J connectivity index is 2.14. The number of hydrogen-bond donors (Lipinski definition) is 1. The van der Waals surface area contributed by atoms with Crippen molar-refractivity contribution in [3.05, 3.63) is 11.8 Å². The van der Waals surface area contributed by atoms with Gasteiger partial charge in [-0.1, -0.05) is 6.92 Å². The molecule has 1 aromatic heterocycles. The van der Waals surface area contributed by atoms with Crippen LogP contribution in [0.15, 0.2) is 4.42 Å². The molecule has 5 nitrogen and oxygen atoms in total. The standard InChI is InChI=1S/C12H23N3O2/c1-3-8-13-9-7-12-15-14-11(17-12)6-5-10-16-4-2/h13H,3-10H2,1-2H3. The summed E-state index contributed by atoms with van der Waals surface area (Å²) in [6, 6.07) is 0. The Kier molecular flexibility index (Phi) is 7.58. The third kappa shape index (κ3) is 6.38. The second-order valence-corrected chi connectivity index (χ2v) is 3.89. The van der Waals surface area contributed by atoms with Gasteiger partial charge in [0.1, 0.15) is 0 Å². The third-order valence-electron chi connectivity index (χ3n) is 2.33. The van der Waals surface area contributed by atoms with Crippen molar-refractivity contribution in [2.24, 2.45) is 0 Å². The van der Waals surface area contributed by atoms with E-state index in [1.165, 1.54) is 0 Å². The zero-order valence-electron chi connectivity index (χ0n) is 10.9. The van der Waals surface area contributed by atoms with Gasteiger partial charge < -0.3 is 14.5 Å². The molecule has 0 spiro atoms. The van der Waals surface area contributed by atoms with Crippen molar-refractivity contribution < 1.29 is 9.15 Å². The molecule has 98 valence electrons. The number of hydrogen-bond acceptors (Lipinski definition) is 5. The number of aromatic nitrogens is 2.